The Kier molecular flexibility index (Phi) is 3.29. The van der Waals surface area contributed by atoms with Crippen molar-refractivity contribution < 1.29 is 4.39 Å². The molecule has 0 saturated heterocycles. The molecule has 0 aliphatic heterocycles. The number of halogens is 2. The Bertz CT molecular complexity index is 607. The minimum absolute atomic E-state index is 0.0694. The lowest BCUT2D eigenvalue weighted by Crippen LogP contribution is -2.19. The molecule has 88 valence electrons. The average Bonchev–Trinajstić information content (AvgIpc) is 2.28. The van der Waals surface area contributed by atoms with Crippen molar-refractivity contribution >= 4 is 11.6 Å². The SMILES string of the molecule is Cc1ccn(Cc2cccc(F)c2Cl)c(=O)c1. The third-order valence-electron chi connectivity index (χ3n) is 2.52. The van der Waals surface area contributed by atoms with E-state index >= 15 is 0 Å². The molecule has 0 fully saturated rings. The van der Waals surface area contributed by atoms with Crippen LogP contribution < -0.4 is 5.56 Å². The Morgan fingerprint density at radius 3 is 2.82 bits per heavy atom. The summed E-state index contributed by atoms with van der Waals surface area (Å²) in [6.07, 6.45) is 1.68. The Morgan fingerprint density at radius 2 is 2.12 bits per heavy atom. The second-order valence-corrected chi connectivity index (χ2v) is 4.26. The van der Waals surface area contributed by atoms with Gasteiger partial charge in [-0.25, -0.2) is 4.39 Å². The average molecular weight is 252 g/mol. The molecule has 1 heterocycles. The lowest BCUT2D eigenvalue weighted by molar-refractivity contribution is 0.623. The first-order valence-electron chi connectivity index (χ1n) is 5.18. The molecule has 0 saturated carbocycles. The van der Waals surface area contributed by atoms with Crippen molar-refractivity contribution in [3.05, 3.63) is 68.8 Å². The topological polar surface area (TPSA) is 22.0 Å². The van der Waals surface area contributed by atoms with Gasteiger partial charge in [0.1, 0.15) is 5.82 Å². The lowest BCUT2D eigenvalue weighted by Gasteiger charge is -2.08. The quantitative estimate of drug-likeness (QED) is 0.804. The van der Waals surface area contributed by atoms with Gasteiger partial charge in [-0.05, 0) is 30.2 Å². The summed E-state index contributed by atoms with van der Waals surface area (Å²) in [6.45, 7) is 2.12. The number of hydrogen-bond donors (Lipinski definition) is 0. The van der Waals surface area contributed by atoms with Crippen molar-refractivity contribution in [2.24, 2.45) is 0 Å². The minimum atomic E-state index is -0.468. The van der Waals surface area contributed by atoms with Crippen molar-refractivity contribution in [2.75, 3.05) is 0 Å². The minimum Gasteiger partial charge on any atom is -0.311 e. The smallest absolute Gasteiger partial charge is 0.251 e. The highest BCUT2D eigenvalue weighted by Gasteiger charge is 2.06. The molecule has 2 aromatic rings. The zero-order valence-electron chi connectivity index (χ0n) is 9.28. The second kappa shape index (κ2) is 4.72. The Labute approximate surface area is 103 Å². The maximum absolute atomic E-state index is 13.2. The summed E-state index contributed by atoms with van der Waals surface area (Å²) in [5.41, 5.74) is 1.37. The van der Waals surface area contributed by atoms with Crippen LogP contribution in [0.2, 0.25) is 5.02 Å². The molecule has 0 spiro atoms. The first-order valence-corrected chi connectivity index (χ1v) is 5.56. The van der Waals surface area contributed by atoms with Gasteiger partial charge < -0.3 is 4.57 Å². The van der Waals surface area contributed by atoms with Crippen LogP contribution in [0.5, 0.6) is 0 Å². The molecule has 0 amide bonds. The van der Waals surface area contributed by atoms with Crippen LogP contribution in [0.4, 0.5) is 4.39 Å². The van der Waals surface area contributed by atoms with E-state index in [-0.39, 0.29) is 17.1 Å². The van der Waals surface area contributed by atoms with Crippen LogP contribution in [0.15, 0.2) is 41.3 Å². The molecule has 0 unspecified atom stereocenters. The first-order chi connectivity index (χ1) is 8.08. The standard InChI is InChI=1S/C13H11ClFNO/c1-9-5-6-16(12(17)7-9)8-10-3-2-4-11(15)13(10)14/h2-7H,8H2,1H3. The van der Waals surface area contributed by atoms with Crippen LogP contribution in [0.1, 0.15) is 11.1 Å². The van der Waals surface area contributed by atoms with E-state index in [1.165, 1.54) is 16.7 Å². The molecule has 1 aromatic carbocycles. The van der Waals surface area contributed by atoms with Gasteiger partial charge in [0.05, 0.1) is 11.6 Å². The molecule has 17 heavy (non-hydrogen) atoms. The van der Waals surface area contributed by atoms with Gasteiger partial charge in [0, 0.05) is 12.3 Å². The highest BCUT2D eigenvalue weighted by atomic mass is 35.5. The number of nitrogens with zero attached hydrogens (tertiary/aromatic N) is 1. The molecular weight excluding hydrogens is 241 g/mol. The van der Waals surface area contributed by atoms with Gasteiger partial charge in [-0.1, -0.05) is 23.7 Å². The molecule has 2 rings (SSSR count). The van der Waals surface area contributed by atoms with Gasteiger partial charge in [0.15, 0.2) is 0 Å². The van der Waals surface area contributed by atoms with Crippen molar-refractivity contribution in [1.82, 2.24) is 4.57 Å². The summed E-state index contributed by atoms with van der Waals surface area (Å²) >= 11 is 5.84. The summed E-state index contributed by atoms with van der Waals surface area (Å²) in [7, 11) is 0. The van der Waals surface area contributed by atoms with Crippen molar-refractivity contribution in [3.8, 4) is 0 Å². The third-order valence-corrected chi connectivity index (χ3v) is 2.95. The number of hydrogen-bond acceptors (Lipinski definition) is 1. The predicted octanol–water partition coefficient (Wildman–Crippen LogP) is 3.00. The molecule has 0 aliphatic rings. The monoisotopic (exact) mass is 251 g/mol. The van der Waals surface area contributed by atoms with E-state index in [0.29, 0.717) is 5.56 Å². The molecule has 0 aliphatic carbocycles. The Hall–Kier alpha value is -1.61. The van der Waals surface area contributed by atoms with E-state index in [0.717, 1.165) is 5.56 Å². The fraction of sp³-hybridized carbons (Fsp3) is 0.154. The summed E-state index contributed by atoms with van der Waals surface area (Å²) in [5, 5.41) is 0.0694. The molecule has 1 aromatic heterocycles. The van der Waals surface area contributed by atoms with E-state index in [2.05, 4.69) is 0 Å². The van der Waals surface area contributed by atoms with E-state index in [9.17, 15) is 9.18 Å². The lowest BCUT2D eigenvalue weighted by atomic mass is 10.2. The maximum Gasteiger partial charge on any atom is 0.251 e. The van der Waals surface area contributed by atoms with E-state index in [4.69, 9.17) is 11.6 Å². The van der Waals surface area contributed by atoms with Gasteiger partial charge in [-0.3, -0.25) is 4.79 Å². The summed E-state index contributed by atoms with van der Waals surface area (Å²) in [5.74, 6) is -0.468. The fourth-order valence-corrected chi connectivity index (χ4v) is 1.78. The normalized spacial score (nSPS) is 10.5. The largest absolute Gasteiger partial charge is 0.311 e. The van der Waals surface area contributed by atoms with E-state index in [1.54, 1.807) is 18.3 Å². The molecule has 0 atom stereocenters. The van der Waals surface area contributed by atoms with E-state index in [1.807, 2.05) is 13.0 Å². The van der Waals surface area contributed by atoms with Gasteiger partial charge in [0.2, 0.25) is 0 Å². The molecule has 4 heteroatoms. The van der Waals surface area contributed by atoms with Crippen LogP contribution >= 0.6 is 11.6 Å². The molecule has 0 radical (unpaired) electrons. The number of pyridine rings is 1. The van der Waals surface area contributed by atoms with Crippen LogP contribution in [0, 0.1) is 12.7 Å². The highest BCUT2D eigenvalue weighted by molar-refractivity contribution is 6.31. The van der Waals surface area contributed by atoms with Gasteiger partial charge in [-0.2, -0.15) is 0 Å². The first kappa shape index (κ1) is 11.9. The zero-order chi connectivity index (χ0) is 12.4. The van der Waals surface area contributed by atoms with Crippen LogP contribution in [0.25, 0.3) is 0 Å². The van der Waals surface area contributed by atoms with Gasteiger partial charge in [0.25, 0.3) is 5.56 Å². The Balaban J connectivity index is 2.38. The number of rotatable bonds is 2. The molecule has 2 nitrogen and oxygen atoms in total. The van der Waals surface area contributed by atoms with Crippen molar-refractivity contribution in [1.29, 1.82) is 0 Å². The number of benzene rings is 1. The molecule has 0 N–H and O–H groups in total. The fourth-order valence-electron chi connectivity index (χ4n) is 1.59. The molecule has 0 bridgehead atoms. The predicted molar refractivity (Wildman–Crippen MR) is 66.0 cm³/mol. The van der Waals surface area contributed by atoms with E-state index < -0.39 is 5.82 Å². The Morgan fingerprint density at radius 1 is 1.35 bits per heavy atom. The summed E-state index contributed by atoms with van der Waals surface area (Å²) < 4.78 is 14.7. The maximum atomic E-state index is 13.2. The second-order valence-electron chi connectivity index (χ2n) is 3.88. The summed E-state index contributed by atoms with van der Waals surface area (Å²) in [6, 6.07) is 7.94. The highest BCUT2D eigenvalue weighted by Crippen LogP contribution is 2.20. The van der Waals surface area contributed by atoms with Crippen molar-refractivity contribution in [2.45, 2.75) is 13.5 Å². The van der Waals surface area contributed by atoms with Crippen LogP contribution in [-0.2, 0) is 6.54 Å². The summed E-state index contributed by atoms with van der Waals surface area (Å²) in [4.78, 5) is 11.7. The van der Waals surface area contributed by atoms with Crippen LogP contribution in [-0.4, -0.2) is 4.57 Å². The van der Waals surface area contributed by atoms with Gasteiger partial charge in [-0.15, -0.1) is 0 Å². The third kappa shape index (κ3) is 2.56. The van der Waals surface area contributed by atoms with Crippen molar-refractivity contribution in [3.63, 3.8) is 0 Å². The number of aromatic nitrogens is 1. The molecular formula is C13H11ClFNO. The number of aryl methyl sites for hydroxylation is 1. The van der Waals surface area contributed by atoms with Gasteiger partial charge >= 0.3 is 0 Å². The van der Waals surface area contributed by atoms with Crippen LogP contribution in [0.3, 0.4) is 0 Å². The zero-order valence-corrected chi connectivity index (χ0v) is 10.0.